The molecule has 4 nitrogen and oxygen atoms in total. The van der Waals surface area contributed by atoms with Crippen LogP contribution in [0.2, 0.25) is 19.1 Å². The lowest BCUT2D eigenvalue weighted by Crippen LogP contribution is -2.36. The second-order valence-electron chi connectivity index (χ2n) is 6.75. The summed E-state index contributed by atoms with van der Waals surface area (Å²) in [6, 6.07) is 8.96. The van der Waals surface area contributed by atoms with Crippen LogP contribution in [0.1, 0.15) is 39.2 Å². The second-order valence-corrected chi connectivity index (χ2v) is 11.1. The van der Waals surface area contributed by atoms with Crippen molar-refractivity contribution in [1.82, 2.24) is 0 Å². The van der Waals surface area contributed by atoms with Gasteiger partial charge in [-0.15, -0.1) is 0 Å². The van der Waals surface area contributed by atoms with Crippen LogP contribution in [0, 0.1) is 16.2 Å². The fraction of sp³-hybridized carbons (Fsp3) is 0.625. The molecule has 0 aliphatic heterocycles. The maximum atomic E-state index is 10.9. The van der Waals surface area contributed by atoms with E-state index in [0.717, 1.165) is 11.6 Å². The standard InChI is InChI=1S/C16H26NO3Si/c1-6-7-11-21(4,5)20-13-16(2,3)14-9-8-10-15(12-14)17(18)19/h8,10,12H,6-7,11,13H2,1-5H3. The van der Waals surface area contributed by atoms with Crippen LogP contribution in [0.3, 0.4) is 0 Å². The molecule has 0 saturated carbocycles. The quantitative estimate of drug-likeness (QED) is 0.397. The van der Waals surface area contributed by atoms with E-state index in [2.05, 4.69) is 26.1 Å². The minimum absolute atomic E-state index is 0.110. The molecule has 0 aliphatic carbocycles. The number of unbranched alkanes of at least 4 members (excludes halogenated alkanes) is 1. The van der Waals surface area contributed by atoms with Gasteiger partial charge in [0.15, 0.2) is 8.32 Å². The molecule has 0 aliphatic rings. The highest BCUT2D eigenvalue weighted by atomic mass is 28.4. The molecule has 0 saturated heterocycles. The minimum atomic E-state index is -1.65. The third kappa shape index (κ3) is 5.59. The Hall–Kier alpha value is -1.20. The fourth-order valence-corrected chi connectivity index (χ4v) is 4.19. The summed E-state index contributed by atoms with van der Waals surface area (Å²) >= 11 is 0. The van der Waals surface area contributed by atoms with Gasteiger partial charge in [-0.25, -0.2) is 0 Å². The van der Waals surface area contributed by atoms with Crippen LogP contribution in [0.25, 0.3) is 0 Å². The van der Waals surface area contributed by atoms with Gasteiger partial charge in [0, 0.05) is 24.2 Å². The Morgan fingerprint density at radius 1 is 1.43 bits per heavy atom. The number of benzene rings is 1. The first kappa shape index (κ1) is 17.8. The van der Waals surface area contributed by atoms with Crippen molar-refractivity contribution < 1.29 is 9.35 Å². The van der Waals surface area contributed by atoms with E-state index < -0.39 is 8.32 Å². The molecule has 0 heterocycles. The molecule has 0 N–H and O–H groups in total. The average Bonchev–Trinajstić information content (AvgIpc) is 2.43. The first-order valence-corrected chi connectivity index (χ1v) is 10.6. The van der Waals surface area contributed by atoms with E-state index in [-0.39, 0.29) is 16.0 Å². The summed E-state index contributed by atoms with van der Waals surface area (Å²) in [6.45, 7) is 11.3. The Morgan fingerprint density at radius 3 is 2.67 bits per heavy atom. The first-order chi connectivity index (χ1) is 9.68. The smallest absolute Gasteiger partial charge is 0.269 e. The van der Waals surface area contributed by atoms with Gasteiger partial charge in [-0.3, -0.25) is 10.1 Å². The van der Waals surface area contributed by atoms with Crippen LogP contribution in [0.5, 0.6) is 0 Å². The van der Waals surface area contributed by atoms with E-state index in [1.54, 1.807) is 12.1 Å². The summed E-state index contributed by atoms with van der Waals surface area (Å²) in [4.78, 5) is 10.5. The number of rotatable bonds is 8. The van der Waals surface area contributed by atoms with E-state index in [1.807, 2.05) is 13.8 Å². The van der Waals surface area contributed by atoms with Gasteiger partial charge in [-0.05, 0) is 36.8 Å². The monoisotopic (exact) mass is 308 g/mol. The van der Waals surface area contributed by atoms with Gasteiger partial charge in [0.25, 0.3) is 5.69 Å². The van der Waals surface area contributed by atoms with Crippen molar-refractivity contribution in [2.24, 2.45) is 0 Å². The molecule has 0 atom stereocenters. The van der Waals surface area contributed by atoms with E-state index in [1.165, 1.54) is 18.9 Å². The fourth-order valence-electron chi connectivity index (χ4n) is 2.09. The summed E-state index contributed by atoms with van der Waals surface area (Å²) in [5, 5.41) is 10.9. The summed E-state index contributed by atoms with van der Waals surface area (Å²) < 4.78 is 6.20. The Bertz CT molecular complexity index is 486. The summed E-state index contributed by atoms with van der Waals surface area (Å²) in [5.41, 5.74) is 0.666. The van der Waals surface area contributed by atoms with Crippen LogP contribution < -0.4 is 0 Å². The molecule has 0 fully saturated rings. The summed E-state index contributed by atoms with van der Waals surface area (Å²) in [6.07, 6.45) is 2.38. The lowest BCUT2D eigenvalue weighted by atomic mass is 9.85. The molecule has 1 aromatic carbocycles. The van der Waals surface area contributed by atoms with E-state index in [0.29, 0.717) is 6.61 Å². The predicted octanol–water partition coefficient (Wildman–Crippen LogP) is 4.69. The van der Waals surface area contributed by atoms with Crippen molar-refractivity contribution >= 4 is 14.0 Å². The number of non-ortho nitro benzene ring substituents is 1. The normalized spacial score (nSPS) is 12.4. The zero-order chi connectivity index (χ0) is 16.1. The number of nitrogens with zero attached hydrogens (tertiary/aromatic N) is 1. The molecule has 0 amide bonds. The van der Waals surface area contributed by atoms with Crippen LogP contribution in [-0.2, 0) is 9.84 Å². The van der Waals surface area contributed by atoms with Gasteiger partial charge >= 0.3 is 0 Å². The van der Waals surface area contributed by atoms with Gasteiger partial charge in [0.05, 0.1) is 4.92 Å². The third-order valence-electron chi connectivity index (χ3n) is 3.68. The van der Waals surface area contributed by atoms with Crippen molar-refractivity contribution in [2.75, 3.05) is 6.61 Å². The topological polar surface area (TPSA) is 52.4 Å². The molecule has 1 aromatic rings. The van der Waals surface area contributed by atoms with Crippen molar-refractivity contribution in [2.45, 2.75) is 58.2 Å². The summed E-state index contributed by atoms with van der Waals surface area (Å²) in [7, 11) is -1.65. The molecule has 5 heteroatoms. The third-order valence-corrected chi connectivity index (χ3v) is 6.16. The van der Waals surface area contributed by atoms with Crippen LogP contribution in [0.15, 0.2) is 18.2 Å². The van der Waals surface area contributed by atoms with Gasteiger partial charge in [-0.1, -0.05) is 33.6 Å². The van der Waals surface area contributed by atoms with Gasteiger partial charge in [-0.2, -0.15) is 0 Å². The molecule has 0 spiro atoms. The molecule has 0 aromatic heterocycles. The second kappa shape index (κ2) is 7.18. The number of hydrogen-bond donors (Lipinski definition) is 0. The zero-order valence-electron chi connectivity index (χ0n) is 13.7. The zero-order valence-corrected chi connectivity index (χ0v) is 14.7. The van der Waals surface area contributed by atoms with Gasteiger partial charge in [0.1, 0.15) is 0 Å². The molecule has 21 heavy (non-hydrogen) atoms. The average molecular weight is 308 g/mol. The van der Waals surface area contributed by atoms with Crippen LogP contribution in [0.4, 0.5) is 5.69 Å². The molecule has 0 unspecified atom stereocenters. The number of hydrogen-bond acceptors (Lipinski definition) is 3. The Morgan fingerprint density at radius 2 is 2.10 bits per heavy atom. The van der Waals surface area contributed by atoms with E-state index >= 15 is 0 Å². The number of nitro groups is 1. The largest absolute Gasteiger partial charge is 0.416 e. The lowest BCUT2D eigenvalue weighted by molar-refractivity contribution is -0.385. The van der Waals surface area contributed by atoms with E-state index in [4.69, 9.17) is 4.43 Å². The Balaban J connectivity index is 2.77. The van der Waals surface area contributed by atoms with E-state index in [9.17, 15) is 10.1 Å². The van der Waals surface area contributed by atoms with Crippen molar-refractivity contribution in [3.63, 3.8) is 0 Å². The highest BCUT2D eigenvalue weighted by Crippen LogP contribution is 2.28. The van der Waals surface area contributed by atoms with Crippen LogP contribution in [-0.4, -0.2) is 19.8 Å². The maximum absolute atomic E-state index is 10.9. The lowest BCUT2D eigenvalue weighted by Gasteiger charge is -2.31. The first-order valence-electron chi connectivity index (χ1n) is 7.48. The van der Waals surface area contributed by atoms with Crippen molar-refractivity contribution in [3.8, 4) is 0 Å². The highest BCUT2D eigenvalue weighted by molar-refractivity contribution is 6.71. The Kier molecular flexibility index (Phi) is 6.10. The van der Waals surface area contributed by atoms with Gasteiger partial charge < -0.3 is 4.43 Å². The predicted molar refractivity (Wildman–Crippen MR) is 88.1 cm³/mol. The molecule has 1 radical (unpaired) electrons. The van der Waals surface area contributed by atoms with Gasteiger partial charge in [0.2, 0.25) is 0 Å². The van der Waals surface area contributed by atoms with Crippen LogP contribution >= 0.6 is 0 Å². The van der Waals surface area contributed by atoms with Crippen molar-refractivity contribution in [1.29, 1.82) is 0 Å². The molecular formula is C16H26NO3Si. The SMILES string of the molecule is CCCC[Si](C)(C)OCC(C)(C)c1[c]ccc([N+](=O)[O-])c1. The molecule has 117 valence electrons. The van der Waals surface area contributed by atoms with Crippen molar-refractivity contribution in [3.05, 3.63) is 39.9 Å². The number of nitro benzene ring substituents is 1. The molecule has 0 bridgehead atoms. The summed E-state index contributed by atoms with van der Waals surface area (Å²) in [5.74, 6) is 0. The molecule has 1 rings (SSSR count). The maximum Gasteiger partial charge on any atom is 0.269 e. The Labute approximate surface area is 128 Å². The minimum Gasteiger partial charge on any atom is -0.416 e. The molecular weight excluding hydrogens is 282 g/mol. The highest BCUT2D eigenvalue weighted by Gasteiger charge is 2.28.